The maximum atomic E-state index is 12.7. The van der Waals surface area contributed by atoms with E-state index < -0.39 is 0 Å². The summed E-state index contributed by atoms with van der Waals surface area (Å²) in [5, 5.41) is 4.79. The Kier molecular flexibility index (Phi) is 4.81. The summed E-state index contributed by atoms with van der Waals surface area (Å²) in [6.07, 6.45) is 2.98. The molecule has 0 N–H and O–H groups in total. The Balaban J connectivity index is 1.43. The minimum Gasteiger partial charge on any atom is -0.353 e. The molecule has 2 aliphatic rings. The normalized spacial score (nSPS) is 22.1. The fourth-order valence-corrected chi connectivity index (χ4v) is 4.20. The van der Waals surface area contributed by atoms with Gasteiger partial charge in [-0.05, 0) is 32.4 Å². The molecule has 0 spiro atoms. The summed E-state index contributed by atoms with van der Waals surface area (Å²) in [7, 11) is 0. The standard InChI is InChI=1S/C21H32N6O/c1-15(2)26-9-8-16(20(26)28)24-10-12-25(13-11-24)19-7-6-18-22-17(21(3,4)5)14-27(18)23-19/h6-7,14-16H,8-13H2,1-5H3. The van der Waals surface area contributed by atoms with Crippen molar-refractivity contribution in [1.82, 2.24) is 24.4 Å². The van der Waals surface area contributed by atoms with Crippen molar-refractivity contribution in [3.05, 3.63) is 24.0 Å². The number of hydrogen-bond acceptors (Lipinski definition) is 5. The van der Waals surface area contributed by atoms with Crippen molar-refractivity contribution in [2.75, 3.05) is 37.6 Å². The lowest BCUT2D eigenvalue weighted by atomic mass is 9.93. The topological polar surface area (TPSA) is 57.0 Å². The molecule has 4 heterocycles. The predicted molar refractivity (Wildman–Crippen MR) is 111 cm³/mol. The predicted octanol–water partition coefficient (Wildman–Crippen LogP) is 2.16. The molecule has 0 saturated carbocycles. The first-order valence-electron chi connectivity index (χ1n) is 10.4. The van der Waals surface area contributed by atoms with Crippen molar-refractivity contribution in [3.63, 3.8) is 0 Å². The second-order valence-electron chi connectivity index (χ2n) is 9.32. The highest BCUT2D eigenvalue weighted by atomic mass is 16.2. The minimum absolute atomic E-state index is 0.0111. The highest BCUT2D eigenvalue weighted by Crippen LogP contribution is 2.24. The lowest BCUT2D eigenvalue weighted by Crippen LogP contribution is -2.53. The number of likely N-dealkylation sites (tertiary alicyclic amines) is 1. The van der Waals surface area contributed by atoms with E-state index in [1.54, 1.807) is 0 Å². The van der Waals surface area contributed by atoms with E-state index in [0.717, 1.165) is 56.3 Å². The molecular weight excluding hydrogens is 352 g/mol. The van der Waals surface area contributed by atoms with Crippen molar-refractivity contribution >= 4 is 17.4 Å². The van der Waals surface area contributed by atoms with E-state index in [1.807, 2.05) is 21.7 Å². The van der Waals surface area contributed by atoms with Gasteiger partial charge in [0.25, 0.3) is 0 Å². The monoisotopic (exact) mass is 384 g/mol. The van der Waals surface area contributed by atoms with E-state index in [1.165, 1.54) is 0 Å². The minimum atomic E-state index is 0.0111. The van der Waals surface area contributed by atoms with Crippen LogP contribution in [0, 0.1) is 0 Å². The summed E-state index contributed by atoms with van der Waals surface area (Å²) in [6, 6.07) is 4.46. The summed E-state index contributed by atoms with van der Waals surface area (Å²) in [5.41, 5.74) is 1.95. The third kappa shape index (κ3) is 3.48. The molecule has 2 aliphatic heterocycles. The van der Waals surface area contributed by atoms with Crippen molar-refractivity contribution < 1.29 is 4.79 Å². The van der Waals surface area contributed by atoms with Gasteiger partial charge in [0.15, 0.2) is 5.65 Å². The first kappa shape index (κ1) is 19.2. The van der Waals surface area contributed by atoms with E-state index in [4.69, 9.17) is 10.1 Å². The Morgan fingerprint density at radius 2 is 1.79 bits per heavy atom. The largest absolute Gasteiger partial charge is 0.353 e. The zero-order valence-corrected chi connectivity index (χ0v) is 17.7. The molecule has 2 saturated heterocycles. The number of imidazole rings is 1. The van der Waals surface area contributed by atoms with E-state index in [9.17, 15) is 4.79 Å². The van der Waals surface area contributed by atoms with Gasteiger partial charge in [0.05, 0.1) is 17.9 Å². The van der Waals surface area contributed by atoms with Crippen LogP contribution in [0.25, 0.3) is 5.65 Å². The molecule has 0 radical (unpaired) electrons. The fraction of sp³-hybridized carbons (Fsp3) is 0.667. The lowest BCUT2D eigenvalue weighted by molar-refractivity contribution is -0.133. The maximum Gasteiger partial charge on any atom is 0.240 e. The molecule has 1 amide bonds. The van der Waals surface area contributed by atoms with Gasteiger partial charge in [-0.3, -0.25) is 9.69 Å². The Morgan fingerprint density at radius 1 is 1.07 bits per heavy atom. The van der Waals surface area contributed by atoms with Crippen LogP contribution < -0.4 is 4.90 Å². The number of nitrogens with zero attached hydrogens (tertiary/aromatic N) is 6. The number of hydrogen-bond donors (Lipinski definition) is 0. The van der Waals surface area contributed by atoms with E-state index >= 15 is 0 Å². The number of rotatable bonds is 3. The van der Waals surface area contributed by atoms with Gasteiger partial charge < -0.3 is 9.80 Å². The molecule has 7 heteroatoms. The third-order valence-corrected chi connectivity index (χ3v) is 5.99. The zero-order chi connectivity index (χ0) is 20.1. The van der Waals surface area contributed by atoms with Gasteiger partial charge in [0, 0.05) is 44.2 Å². The number of carbonyl (C=O) groups is 1. The van der Waals surface area contributed by atoms with Gasteiger partial charge in [0.2, 0.25) is 5.91 Å². The molecule has 2 fully saturated rings. The Hall–Kier alpha value is -2.15. The summed E-state index contributed by atoms with van der Waals surface area (Å²) in [5.74, 6) is 1.28. The van der Waals surface area contributed by atoms with Crippen LogP contribution in [0.1, 0.15) is 46.7 Å². The van der Waals surface area contributed by atoms with E-state index in [-0.39, 0.29) is 11.5 Å². The number of fused-ring (bicyclic) bond motifs is 1. The highest BCUT2D eigenvalue weighted by molar-refractivity contribution is 5.84. The van der Waals surface area contributed by atoms with Crippen LogP contribution in [0.4, 0.5) is 5.82 Å². The van der Waals surface area contributed by atoms with Crippen LogP contribution in [0.5, 0.6) is 0 Å². The van der Waals surface area contributed by atoms with Crippen LogP contribution in [-0.4, -0.2) is 75.1 Å². The number of anilines is 1. The molecule has 0 aliphatic carbocycles. The average molecular weight is 385 g/mol. The SMILES string of the molecule is CC(C)N1CCC(N2CCN(c3ccc4nc(C(C)(C)C)cn4n3)CC2)C1=O. The van der Waals surface area contributed by atoms with Crippen LogP contribution in [0.3, 0.4) is 0 Å². The van der Waals surface area contributed by atoms with Crippen LogP contribution >= 0.6 is 0 Å². The van der Waals surface area contributed by atoms with Gasteiger partial charge in [-0.25, -0.2) is 9.50 Å². The number of carbonyl (C=O) groups excluding carboxylic acids is 1. The van der Waals surface area contributed by atoms with Gasteiger partial charge >= 0.3 is 0 Å². The van der Waals surface area contributed by atoms with Crippen molar-refractivity contribution in [2.45, 2.75) is 58.5 Å². The highest BCUT2D eigenvalue weighted by Gasteiger charge is 2.38. The molecule has 2 aromatic rings. The average Bonchev–Trinajstić information content (AvgIpc) is 3.24. The molecule has 152 valence electrons. The van der Waals surface area contributed by atoms with E-state index in [0.29, 0.717) is 11.9 Å². The fourth-order valence-electron chi connectivity index (χ4n) is 4.20. The smallest absolute Gasteiger partial charge is 0.240 e. The van der Waals surface area contributed by atoms with Crippen molar-refractivity contribution in [2.24, 2.45) is 0 Å². The molecule has 28 heavy (non-hydrogen) atoms. The second kappa shape index (κ2) is 7.03. The van der Waals surface area contributed by atoms with Crippen LogP contribution in [-0.2, 0) is 10.2 Å². The molecule has 0 bridgehead atoms. The molecule has 7 nitrogen and oxygen atoms in total. The van der Waals surface area contributed by atoms with Gasteiger partial charge in [-0.15, -0.1) is 5.10 Å². The lowest BCUT2D eigenvalue weighted by Gasteiger charge is -2.37. The molecule has 4 rings (SSSR count). The van der Waals surface area contributed by atoms with Crippen LogP contribution in [0.15, 0.2) is 18.3 Å². The zero-order valence-electron chi connectivity index (χ0n) is 17.7. The quantitative estimate of drug-likeness (QED) is 0.812. The van der Waals surface area contributed by atoms with Gasteiger partial charge in [-0.2, -0.15) is 0 Å². The summed E-state index contributed by atoms with van der Waals surface area (Å²) >= 11 is 0. The Labute approximate surface area is 167 Å². The summed E-state index contributed by atoms with van der Waals surface area (Å²) < 4.78 is 1.89. The van der Waals surface area contributed by atoms with Crippen LogP contribution in [0.2, 0.25) is 0 Å². The molecule has 2 aromatic heterocycles. The van der Waals surface area contributed by atoms with E-state index in [2.05, 4.69) is 50.5 Å². The molecular formula is C21H32N6O. The molecule has 1 unspecified atom stereocenters. The molecule has 1 atom stereocenters. The first-order chi connectivity index (χ1) is 13.2. The summed E-state index contributed by atoms with van der Waals surface area (Å²) in [6.45, 7) is 15.2. The first-order valence-corrected chi connectivity index (χ1v) is 10.4. The second-order valence-corrected chi connectivity index (χ2v) is 9.32. The van der Waals surface area contributed by atoms with Gasteiger partial charge in [-0.1, -0.05) is 20.8 Å². The Morgan fingerprint density at radius 3 is 2.39 bits per heavy atom. The maximum absolute atomic E-state index is 12.7. The molecule has 0 aromatic carbocycles. The third-order valence-electron chi connectivity index (χ3n) is 5.99. The van der Waals surface area contributed by atoms with Crippen molar-refractivity contribution in [3.8, 4) is 0 Å². The Bertz CT molecular complexity index is 859. The number of amides is 1. The van der Waals surface area contributed by atoms with Gasteiger partial charge in [0.1, 0.15) is 5.82 Å². The summed E-state index contributed by atoms with van der Waals surface area (Å²) in [4.78, 5) is 24.1. The number of aromatic nitrogens is 3. The number of piperazine rings is 1. The van der Waals surface area contributed by atoms with Crippen molar-refractivity contribution in [1.29, 1.82) is 0 Å².